The summed E-state index contributed by atoms with van der Waals surface area (Å²) in [7, 11) is 0. The Kier molecular flexibility index (Phi) is 275. The van der Waals surface area contributed by atoms with Gasteiger partial charge in [-0.15, -0.1) is 11.6 Å². The van der Waals surface area contributed by atoms with Gasteiger partial charge >= 0.3 is 0 Å². The molecule has 5 heteroatoms. The molecule has 0 rings (SSSR count). The molecule has 0 heterocycles. The quantitative estimate of drug-likeness (QED) is 0.291. The number of rotatable bonds is 0. The molecule has 0 aromatic rings. The first-order valence-corrected chi connectivity index (χ1v) is 2.04. The summed E-state index contributed by atoms with van der Waals surface area (Å²) in [4.78, 5) is 16.7. The third kappa shape index (κ3) is 91.8. The number of hydrogen-bond donors (Lipinski definition) is 2. The topological polar surface area (TPSA) is 81.8 Å². The summed E-state index contributed by atoms with van der Waals surface area (Å²) in [5.41, 5.74) is 0. The van der Waals surface area contributed by atoms with E-state index < -0.39 is 0 Å². The molecule has 0 atom stereocenters. The number of hydrogen-bond acceptors (Lipinski definition) is 4. The van der Waals surface area contributed by atoms with E-state index in [4.69, 9.17) is 20.4 Å². The Hall–Kier alpha value is -0.950. The molecule has 0 radical (unpaired) electrons. The van der Waals surface area contributed by atoms with Crippen molar-refractivity contribution in [1.82, 2.24) is 0 Å². The Morgan fingerprint density at radius 3 is 1.12 bits per heavy atom. The molecular weight excluding hydrogens is 131 g/mol. The molecule has 0 bridgehead atoms. The van der Waals surface area contributed by atoms with Crippen LogP contribution in [-0.2, 0) is 9.59 Å². The van der Waals surface area contributed by atoms with Gasteiger partial charge in [-0.2, -0.15) is 0 Å². The zero-order chi connectivity index (χ0) is 7.41. The molecule has 0 saturated heterocycles. The van der Waals surface area contributed by atoms with Crippen molar-refractivity contribution < 1.29 is 9.59 Å². The summed E-state index contributed by atoms with van der Waals surface area (Å²) in [5, 5.41) is 10.8. The molecule has 0 unspecified atom stereocenters. The average molecular weight is 137 g/mol. The molecule has 0 spiro atoms. The fraction of sp³-hybridized carbons (Fsp3) is 0.333. The first-order chi connectivity index (χ1) is 3.83. The lowest BCUT2D eigenvalue weighted by atomic mass is 11.7. The molecule has 0 aliphatic carbocycles. The summed E-state index contributed by atoms with van der Waals surface area (Å²) >= 11 is 4.64. The molecule has 0 aromatic heterocycles. The predicted molar refractivity (Wildman–Crippen MR) is 28.6 cm³/mol. The smallest absolute Gasteiger partial charge is 0.222 e. The second-order valence-corrected chi connectivity index (χ2v) is 0.204. The minimum atomic E-state index is 0.750. The van der Waals surface area contributed by atoms with Gasteiger partial charge in [-0.3, -0.25) is 0 Å². The van der Waals surface area contributed by atoms with Gasteiger partial charge in [0.05, 0.1) is 0 Å². The highest BCUT2D eigenvalue weighted by Crippen LogP contribution is 1.34. The van der Waals surface area contributed by atoms with Crippen molar-refractivity contribution in [1.29, 1.82) is 10.8 Å². The molecule has 0 aromatic carbocycles. The third-order valence-electron chi connectivity index (χ3n) is 0. The highest BCUT2D eigenvalue weighted by molar-refractivity contribution is 6.15. The van der Waals surface area contributed by atoms with Crippen LogP contribution in [-0.4, -0.2) is 18.5 Å². The van der Waals surface area contributed by atoms with Crippen molar-refractivity contribution in [2.75, 3.05) is 6.38 Å². The van der Waals surface area contributed by atoms with E-state index in [0.717, 1.165) is 12.2 Å². The molecule has 8 heavy (non-hydrogen) atoms. The standard InChI is InChI=1S/CH3Cl.2CHNO/c1-2;2*2-1-3/h1H3;2*2H. The lowest BCUT2D eigenvalue weighted by molar-refractivity contribution is 0.562. The van der Waals surface area contributed by atoms with E-state index in [1.54, 1.807) is 0 Å². The van der Waals surface area contributed by atoms with Gasteiger partial charge in [0.25, 0.3) is 0 Å². The Balaban J connectivity index is -0.0000000483. The lowest BCUT2D eigenvalue weighted by Crippen LogP contribution is -1.16. The van der Waals surface area contributed by atoms with Crippen LogP contribution in [0.3, 0.4) is 0 Å². The monoisotopic (exact) mass is 136 g/mol. The van der Waals surface area contributed by atoms with E-state index in [9.17, 15) is 0 Å². The normalized spacial score (nSPS) is 2.75. The maximum Gasteiger partial charge on any atom is 0.231 e. The number of halogens is 1. The van der Waals surface area contributed by atoms with Crippen LogP contribution in [0.4, 0.5) is 0 Å². The highest BCUT2D eigenvalue weighted by Gasteiger charge is 1.04. The van der Waals surface area contributed by atoms with Gasteiger partial charge in [0.15, 0.2) is 0 Å². The highest BCUT2D eigenvalue weighted by atomic mass is 35.5. The zero-order valence-corrected chi connectivity index (χ0v) is 4.95. The lowest BCUT2D eigenvalue weighted by Gasteiger charge is -1.06. The van der Waals surface area contributed by atoms with Gasteiger partial charge in [-0.25, -0.2) is 20.4 Å². The van der Waals surface area contributed by atoms with Crippen molar-refractivity contribution in [3.63, 3.8) is 0 Å². The predicted octanol–water partition coefficient (Wildman–Crippen LogP) is 0.657. The van der Waals surface area contributed by atoms with Crippen molar-refractivity contribution in [3.8, 4) is 0 Å². The van der Waals surface area contributed by atoms with E-state index in [-0.39, 0.29) is 0 Å². The molecule has 0 fully saturated rings. The number of isocyanates is 2. The summed E-state index contributed by atoms with van der Waals surface area (Å²) in [6.45, 7) is 0. The first-order valence-electron chi connectivity index (χ1n) is 1.29. The van der Waals surface area contributed by atoms with Crippen LogP contribution in [0.25, 0.3) is 0 Å². The summed E-state index contributed by atoms with van der Waals surface area (Å²) in [6.07, 6.45) is 2.97. The second-order valence-electron chi connectivity index (χ2n) is 0.204. The van der Waals surface area contributed by atoms with E-state index >= 15 is 0 Å². The van der Waals surface area contributed by atoms with Gasteiger partial charge in [-0.1, -0.05) is 0 Å². The van der Waals surface area contributed by atoms with Crippen LogP contribution in [0.5, 0.6) is 0 Å². The Bertz CT molecular complexity index is 69.3. The summed E-state index contributed by atoms with van der Waals surface area (Å²) in [6, 6.07) is 0. The molecule has 0 aliphatic rings. The first kappa shape index (κ1) is 15.7. The minimum Gasteiger partial charge on any atom is -0.222 e. The van der Waals surface area contributed by atoms with Crippen molar-refractivity contribution in [2.24, 2.45) is 0 Å². The molecule has 0 saturated carbocycles. The molecule has 4 nitrogen and oxygen atoms in total. The van der Waals surface area contributed by atoms with Gasteiger partial charge in [-0.05, 0) is 0 Å². The van der Waals surface area contributed by atoms with Crippen molar-refractivity contribution in [3.05, 3.63) is 0 Å². The van der Waals surface area contributed by atoms with Gasteiger partial charge in [0, 0.05) is 6.38 Å². The number of alkyl halides is 1. The summed E-state index contributed by atoms with van der Waals surface area (Å²) in [5.74, 6) is 0. The SMILES string of the molecule is CCl.N=C=O.N=C=O. The van der Waals surface area contributed by atoms with Crippen LogP contribution in [0.2, 0.25) is 0 Å². The van der Waals surface area contributed by atoms with Crippen LogP contribution in [0.15, 0.2) is 0 Å². The molecular formula is C3H5ClN2O2. The second kappa shape index (κ2) is 140. The van der Waals surface area contributed by atoms with Crippen LogP contribution in [0, 0.1) is 10.8 Å². The van der Waals surface area contributed by atoms with Crippen LogP contribution < -0.4 is 0 Å². The van der Waals surface area contributed by atoms with E-state index in [0.29, 0.717) is 0 Å². The minimum absolute atomic E-state index is 0.750. The fourth-order valence-electron chi connectivity index (χ4n) is 0. The third-order valence-corrected chi connectivity index (χ3v) is 0. The molecule has 46 valence electrons. The van der Waals surface area contributed by atoms with E-state index in [2.05, 4.69) is 11.6 Å². The Labute approximate surface area is 51.5 Å². The molecule has 2 N–H and O–H groups in total. The van der Waals surface area contributed by atoms with Crippen LogP contribution in [0.1, 0.15) is 0 Å². The zero-order valence-electron chi connectivity index (χ0n) is 4.19. The fourth-order valence-corrected chi connectivity index (χ4v) is 0. The molecule has 0 amide bonds. The maximum atomic E-state index is 8.35. The summed E-state index contributed by atoms with van der Waals surface area (Å²) < 4.78 is 0. The van der Waals surface area contributed by atoms with Gasteiger partial charge in [0.2, 0.25) is 12.2 Å². The molecule has 0 aliphatic heterocycles. The average Bonchev–Trinajstić information content (AvgIpc) is 1.75. The number of nitrogens with one attached hydrogen (secondary N) is 2. The van der Waals surface area contributed by atoms with Crippen molar-refractivity contribution in [2.45, 2.75) is 0 Å². The van der Waals surface area contributed by atoms with Crippen LogP contribution >= 0.6 is 11.6 Å². The Morgan fingerprint density at radius 1 is 1.12 bits per heavy atom. The van der Waals surface area contributed by atoms with Gasteiger partial charge < -0.3 is 0 Å². The van der Waals surface area contributed by atoms with Gasteiger partial charge in [0.1, 0.15) is 0 Å². The Morgan fingerprint density at radius 2 is 1.12 bits per heavy atom. The number of carbonyl (C=O) groups excluding carboxylic acids is 2. The largest absolute Gasteiger partial charge is 0.231 e. The van der Waals surface area contributed by atoms with E-state index in [1.807, 2.05) is 0 Å². The van der Waals surface area contributed by atoms with E-state index in [1.165, 1.54) is 6.38 Å². The van der Waals surface area contributed by atoms with Crippen molar-refractivity contribution >= 4 is 23.8 Å². The maximum absolute atomic E-state index is 8.35.